The largest absolute Gasteiger partial charge is 0.465 e. The minimum Gasteiger partial charge on any atom is -0.465 e. The van der Waals surface area contributed by atoms with Crippen molar-refractivity contribution in [1.82, 2.24) is 0 Å². The fourth-order valence-corrected chi connectivity index (χ4v) is 2.54. The summed E-state index contributed by atoms with van der Waals surface area (Å²) in [4.78, 5) is 13.9. The molecule has 0 atom stereocenters. The lowest BCUT2D eigenvalue weighted by Gasteiger charge is -2.37. The molecule has 4 heteroatoms. The summed E-state index contributed by atoms with van der Waals surface area (Å²) in [7, 11) is 3.45. The predicted molar refractivity (Wildman–Crippen MR) is 73.6 cm³/mol. The lowest BCUT2D eigenvalue weighted by molar-refractivity contribution is 0.0600. The monoisotopic (exact) mass is 267 g/mol. The van der Waals surface area contributed by atoms with Crippen molar-refractivity contribution in [3.05, 3.63) is 28.3 Å². The van der Waals surface area contributed by atoms with E-state index in [0.717, 1.165) is 11.3 Å². The molecule has 0 amide bonds. The highest BCUT2D eigenvalue weighted by Gasteiger charge is 2.25. The van der Waals surface area contributed by atoms with Crippen LogP contribution in [0.3, 0.4) is 0 Å². The second-order valence-corrected chi connectivity index (χ2v) is 5.22. The van der Waals surface area contributed by atoms with E-state index in [2.05, 4.69) is 11.9 Å². The van der Waals surface area contributed by atoms with Gasteiger partial charge in [0, 0.05) is 23.8 Å². The Kier molecular flexibility index (Phi) is 3.81. The van der Waals surface area contributed by atoms with E-state index in [1.807, 2.05) is 13.0 Å². The Labute approximate surface area is 113 Å². The summed E-state index contributed by atoms with van der Waals surface area (Å²) in [6.45, 7) is 1.94. The van der Waals surface area contributed by atoms with E-state index in [9.17, 15) is 4.79 Å². The summed E-state index contributed by atoms with van der Waals surface area (Å²) in [5.74, 6) is -0.335. The Bertz CT molecular complexity index is 469. The number of carbonyl (C=O) groups excluding carboxylic acids is 1. The van der Waals surface area contributed by atoms with Crippen molar-refractivity contribution in [3.8, 4) is 0 Å². The zero-order chi connectivity index (χ0) is 13.3. The minimum absolute atomic E-state index is 0.335. The van der Waals surface area contributed by atoms with Crippen molar-refractivity contribution in [2.24, 2.45) is 0 Å². The molecule has 0 aromatic heterocycles. The first-order chi connectivity index (χ1) is 8.54. The molecule has 1 fully saturated rings. The summed E-state index contributed by atoms with van der Waals surface area (Å²) in [5, 5.41) is 0.571. The number of methoxy groups -OCH3 is 1. The Hall–Kier alpha value is -1.22. The molecular formula is C14H18ClNO2. The van der Waals surface area contributed by atoms with Crippen molar-refractivity contribution in [2.45, 2.75) is 32.2 Å². The van der Waals surface area contributed by atoms with E-state index < -0.39 is 0 Å². The third kappa shape index (κ3) is 2.32. The molecule has 0 heterocycles. The van der Waals surface area contributed by atoms with E-state index in [-0.39, 0.29) is 5.97 Å². The molecule has 0 aliphatic heterocycles. The molecule has 1 aromatic carbocycles. The summed E-state index contributed by atoms with van der Waals surface area (Å²) in [6, 6.07) is 4.15. The lowest BCUT2D eigenvalue weighted by Crippen LogP contribution is -2.37. The smallest absolute Gasteiger partial charge is 0.338 e. The van der Waals surface area contributed by atoms with Crippen molar-refractivity contribution >= 4 is 23.3 Å². The molecule has 98 valence electrons. The number of rotatable bonds is 3. The van der Waals surface area contributed by atoms with Gasteiger partial charge in [0.25, 0.3) is 0 Å². The molecule has 2 rings (SSSR count). The molecule has 1 aliphatic carbocycles. The van der Waals surface area contributed by atoms with E-state index in [4.69, 9.17) is 16.3 Å². The van der Waals surface area contributed by atoms with Crippen molar-refractivity contribution in [2.75, 3.05) is 19.1 Å². The van der Waals surface area contributed by atoms with E-state index >= 15 is 0 Å². The molecule has 1 aliphatic rings. The second kappa shape index (κ2) is 5.19. The third-order valence-corrected chi connectivity index (χ3v) is 3.97. The number of benzene rings is 1. The van der Waals surface area contributed by atoms with Crippen molar-refractivity contribution < 1.29 is 9.53 Å². The Morgan fingerprint density at radius 1 is 1.44 bits per heavy atom. The van der Waals surface area contributed by atoms with Gasteiger partial charge < -0.3 is 9.64 Å². The van der Waals surface area contributed by atoms with Gasteiger partial charge in [-0.3, -0.25) is 0 Å². The maximum Gasteiger partial charge on any atom is 0.338 e. The van der Waals surface area contributed by atoms with E-state index in [1.54, 1.807) is 6.07 Å². The van der Waals surface area contributed by atoms with Gasteiger partial charge in [0.05, 0.1) is 12.7 Å². The molecule has 1 saturated carbocycles. The van der Waals surface area contributed by atoms with Crippen LogP contribution in [0, 0.1) is 6.92 Å². The first-order valence-corrected chi connectivity index (χ1v) is 6.53. The molecule has 0 bridgehead atoms. The lowest BCUT2D eigenvalue weighted by atomic mass is 9.91. The van der Waals surface area contributed by atoms with Gasteiger partial charge in [-0.05, 0) is 43.9 Å². The third-order valence-electron chi connectivity index (χ3n) is 3.75. The van der Waals surface area contributed by atoms with Gasteiger partial charge in [-0.25, -0.2) is 4.79 Å². The van der Waals surface area contributed by atoms with Crippen LogP contribution in [0.5, 0.6) is 0 Å². The van der Waals surface area contributed by atoms with Gasteiger partial charge in [-0.15, -0.1) is 0 Å². The fraction of sp³-hybridized carbons (Fsp3) is 0.500. The quantitative estimate of drug-likeness (QED) is 0.786. The number of halogens is 1. The standard InChI is InChI=1S/C14H18ClNO2/c1-9-12(14(17)18-3)7-10(15)8-13(9)16(2)11-5-4-6-11/h7-8,11H,4-6H2,1-3H3. The van der Waals surface area contributed by atoms with Crippen LogP contribution in [-0.4, -0.2) is 26.2 Å². The van der Waals surface area contributed by atoms with Crippen LogP contribution in [-0.2, 0) is 4.74 Å². The molecule has 18 heavy (non-hydrogen) atoms. The Balaban J connectivity index is 2.40. The molecule has 1 aromatic rings. The predicted octanol–water partition coefficient (Wildman–Crippen LogP) is 3.42. The fourth-order valence-electron chi connectivity index (χ4n) is 2.32. The van der Waals surface area contributed by atoms with Crippen LogP contribution >= 0.6 is 11.6 Å². The highest BCUT2D eigenvalue weighted by Crippen LogP contribution is 2.33. The van der Waals surface area contributed by atoms with Crippen molar-refractivity contribution in [3.63, 3.8) is 0 Å². The molecule has 0 unspecified atom stereocenters. The number of hydrogen-bond donors (Lipinski definition) is 0. The van der Waals surface area contributed by atoms with Crippen LogP contribution in [0.4, 0.5) is 5.69 Å². The summed E-state index contributed by atoms with van der Waals surface area (Å²) in [5.41, 5.74) is 2.50. The molecule has 0 N–H and O–H groups in total. The van der Waals surface area contributed by atoms with Crippen LogP contribution < -0.4 is 4.90 Å². The van der Waals surface area contributed by atoms with Crippen LogP contribution in [0.2, 0.25) is 5.02 Å². The van der Waals surface area contributed by atoms with Gasteiger partial charge in [0.2, 0.25) is 0 Å². The van der Waals surface area contributed by atoms with Gasteiger partial charge >= 0.3 is 5.97 Å². The molecule has 0 radical (unpaired) electrons. The number of esters is 1. The SMILES string of the molecule is COC(=O)c1cc(Cl)cc(N(C)C2CCC2)c1C. The average molecular weight is 268 g/mol. The number of carbonyl (C=O) groups is 1. The Morgan fingerprint density at radius 3 is 2.61 bits per heavy atom. The second-order valence-electron chi connectivity index (χ2n) is 4.78. The van der Waals surface area contributed by atoms with Gasteiger partial charge in [0.15, 0.2) is 0 Å². The first-order valence-electron chi connectivity index (χ1n) is 6.16. The van der Waals surface area contributed by atoms with Crippen LogP contribution in [0.15, 0.2) is 12.1 Å². The average Bonchev–Trinajstić information content (AvgIpc) is 2.28. The van der Waals surface area contributed by atoms with Crippen molar-refractivity contribution in [1.29, 1.82) is 0 Å². The van der Waals surface area contributed by atoms with E-state index in [0.29, 0.717) is 16.6 Å². The number of anilines is 1. The van der Waals surface area contributed by atoms with Gasteiger partial charge in [0.1, 0.15) is 0 Å². The maximum absolute atomic E-state index is 11.7. The van der Waals surface area contributed by atoms with Crippen LogP contribution in [0.1, 0.15) is 35.2 Å². The molecular weight excluding hydrogens is 250 g/mol. The topological polar surface area (TPSA) is 29.5 Å². The molecule has 3 nitrogen and oxygen atoms in total. The molecule has 0 spiro atoms. The summed E-state index contributed by atoms with van der Waals surface area (Å²) in [6.07, 6.45) is 3.69. The zero-order valence-corrected chi connectivity index (χ0v) is 11.8. The minimum atomic E-state index is -0.335. The normalized spacial score (nSPS) is 15.1. The molecule has 0 saturated heterocycles. The highest BCUT2D eigenvalue weighted by molar-refractivity contribution is 6.31. The number of ether oxygens (including phenoxy) is 1. The van der Waals surface area contributed by atoms with E-state index in [1.165, 1.54) is 26.4 Å². The summed E-state index contributed by atoms with van der Waals surface area (Å²) >= 11 is 6.10. The van der Waals surface area contributed by atoms with Crippen LogP contribution in [0.25, 0.3) is 0 Å². The summed E-state index contributed by atoms with van der Waals surface area (Å²) < 4.78 is 4.79. The van der Waals surface area contributed by atoms with Gasteiger partial charge in [-0.2, -0.15) is 0 Å². The van der Waals surface area contributed by atoms with Gasteiger partial charge in [-0.1, -0.05) is 11.6 Å². The number of hydrogen-bond acceptors (Lipinski definition) is 3. The first kappa shape index (κ1) is 13.2. The number of nitrogens with zero attached hydrogens (tertiary/aromatic N) is 1. The maximum atomic E-state index is 11.7. The Morgan fingerprint density at radius 2 is 2.11 bits per heavy atom. The highest BCUT2D eigenvalue weighted by atomic mass is 35.5. The zero-order valence-electron chi connectivity index (χ0n) is 11.0.